The Morgan fingerprint density at radius 3 is 2.32 bits per heavy atom. The predicted molar refractivity (Wildman–Crippen MR) is 191 cm³/mol. The van der Waals surface area contributed by atoms with Crippen molar-refractivity contribution in [3.05, 3.63) is 64.6 Å². The molecule has 6 aromatic rings. The van der Waals surface area contributed by atoms with Crippen molar-refractivity contribution < 1.29 is 39.2 Å². The van der Waals surface area contributed by atoms with Crippen LogP contribution in [0.2, 0.25) is 0 Å². The van der Waals surface area contributed by atoms with Crippen LogP contribution in [0.15, 0.2) is 36.4 Å². The number of aromatic amines is 3. The number of aromatic nitrogens is 3. The molecule has 0 fully saturated rings. The van der Waals surface area contributed by atoms with Gasteiger partial charge >= 0.3 is 0 Å². The molecule has 15 heteroatoms. The van der Waals surface area contributed by atoms with Crippen molar-refractivity contribution in [3.63, 3.8) is 0 Å². The topological polar surface area (TPSA) is 184 Å². The highest BCUT2D eigenvalue weighted by molar-refractivity contribution is 8.13. The maximum absolute atomic E-state index is 14.2. The Bertz CT molecular complexity index is 2450. The normalized spacial score (nSPS) is 15.3. The summed E-state index contributed by atoms with van der Waals surface area (Å²) >= 11 is 7.51. The fourth-order valence-electron chi connectivity index (χ4n) is 7.35. The van der Waals surface area contributed by atoms with E-state index in [4.69, 9.17) is 21.1 Å². The largest absolute Gasteiger partial charge is 0.507 e. The van der Waals surface area contributed by atoms with Crippen LogP contribution in [0.5, 0.6) is 28.7 Å². The van der Waals surface area contributed by atoms with Crippen LogP contribution in [-0.4, -0.2) is 86.6 Å². The standard InChI is InChI=1S/C35H30ClN5O8S/c1-48-26-10-19-14(7-25(26)43)6-20(37-19)34(46)41-13-15(12-36)27-23(41)11-24(42)18-9-21(38-28(18)27)33(45)40-5-4-16-17-8-22(35(47)50-3)39-29(17)32(49-2)31(44)30(16)40/h6-11,15,37-39,42-44H,4-5,12-13H2,1-3H3/t15-/m0/s1. The quantitative estimate of drug-likeness (QED) is 0.113. The number of anilines is 2. The molecule has 0 saturated carbocycles. The van der Waals surface area contributed by atoms with Gasteiger partial charge in [0.2, 0.25) is 5.12 Å². The number of aromatic hydroxyl groups is 3. The third-order valence-corrected chi connectivity index (χ3v) is 10.6. The number of halogens is 1. The van der Waals surface area contributed by atoms with Gasteiger partial charge in [0, 0.05) is 64.3 Å². The molecule has 0 spiro atoms. The van der Waals surface area contributed by atoms with Crippen molar-refractivity contribution in [3.8, 4) is 28.7 Å². The van der Waals surface area contributed by atoms with Gasteiger partial charge in [0.15, 0.2) is 23.0 Å². The average Bonchev–Trinajstić information content (AvgIpc) is 3.94. The average molecular weight is 716 g/mol. The molecule has 0 unspecified atom stereocenters. The molecule has 50 heavy (non-hydrogen) atoms. The van der Waals surface area contributed by atoms with E-state index in [1.807, 2.05) is 0 Å². The number of carbonyl (C=O) groups excluding carboxylic acids is 3. The number of hydrogen-bond donors (Lipinski definition) is 6. The molecule has 8 rings (SSSR count). The molecular formula is C35H30ClN5O8S. The van der Waals surface area contributed by atoms with Gasteiger partial charge in [0.25, 0.3) is 11.8 Å². The number of amides is 2. The lowest BCUT2D eigenvalue weighted by Crippen LogP contribution is -2.30. The highest BCUT2D eigenvalue weighted by Crippen LogP contribution is 2.50. The lowest BCUT2D eigenvalue weighted by atomic mass is 10.00. The van der Waals surface area contributed by atoms with Crippen molar-refractivity contribution in [1.82, 2.24) is 15.0 Å². The number of alkyl halides is 1. The van der Waals surface area contributed by atoms with E-state index in [2.05, 4.69) is 15.0 Å². The first kappa shape index (κ1) is 31.8. The van der Waals surface area contributed by atoms with Gasteiger partial charge in [-0.2, -0.15) is 0 Å². The van der Waals surface area contributed by atoms with Gasteiger partial charge in [-0.25, -0.2) is 0 Å². The van der Waals surface area contributed by atoms with Gasteiger partial charge in [-0.1, -0.05) is 11.8 Å². The van der Waals surface area contributed by atoms with Crippen LogP contribution in [0.3, 0.4) is 0 Å². The Morgan fingerprint density at radius 1 is 0.880 bits per heavy atom. The SMILES string of the molecule is COc1cc2[nH]c(C(=O)N3C[C@H](CCl)c4c3cc(O)c3cc(C(=O)N5CCc6c5c(O)c(OC)c5[nH]c(C(=O)SC)cc65)[nH]c43)cc2cc1O. The molecule has 3 aromatic heterocycles. The minimum Gasteiger partial charge on any atom is -0.507 e. The third kappa shape index (κ3) is 4.51. The van der Waals surface area contributed by atoms with E-state index in [1.54, 1.807) is 30.5 Å². The number of carbonyl (C=O) groups is 3. The van der Waals surface area contributed by atoms with Crippen LogP contribution in [0, 0.1) is 0 Å². The molecule has 6 N–H and O–H groups in total. The first-order chi connectivity index (χ1) is 24.1. The summed E-state index contributed by atoms with van der Waals surface area (Å²) in [6.45, 7) is 0.477. The van der Waals surface area contributed by atoms with Gasteiger partial charge < -0.3 is 49.5 Å². The summed E-state index contributed by atoms with van der Waals surface area (Å²) in [4.78, 5) is 52.9. The molecule has 0 radical (unpaired) electrons. The van der Waals surface area contributed by atoms with Crippen molar-refractivity contribution in [2.45, 2.75) is 12.3 Å². The molecular weight excluding hydrogens is 686 g/mol. The number of nitrogens with zero attached hydrogens (tertiary/aromatic N) is 2. The van der Waals surface area contributed by atoms with E-state index in [1.165, 1.54) is 36.2 Å². The van der Waals surface area contributed by atoms with Crippen LogP contribution in [-0.2, 0) is 6.42 Å². The summed E-state index contributed by atoms with van der Waals surface area (Å²) in [5.74, 6) is -1.03. The molecule has 2 aliphatic heterocycles. The van der Waals surface area contributed by atoms with E-state index in [9.17, 15) is 29.7 Å². The first-order valence-corrected chi connectivity index (χ1v) is 17.3. The zero-order valence-corrected chi connectivity index (χ0v) is 28.5. The molecule has 0 aliphatic carbocycles. The highest BCUT2D eigenvalue weighted by atomic mass is 35.5. The lowest BCUT2D eigenvalue weighted by Gasteiger charge is -2.19. The van der Waals surface area contributed by atoms with E-state index in [0.29, 0.717) is 61.6 Å². The third-order valence-electron chi connectivity index (χ3n) is 9.63. The predicted octanol–water partition coefficient (Wildman–Crippen LogP) is 5.95. The number of phenols is 3. The second-order valence-corrected chi connectivity index (χ2v) is 13.3. The zero-order chi connectivity index (χ0) is 35.2. The Kier molecular flexibility index (Phi) is 7.35. The minimum absolute atomic E-state index is 0.0579. The molecule has 0 saturated heterocycles. The summed E-state index contributed by atoms with van der Waals surface area (Å²) in [6.07, 6.45) is 2.10. The summed E-state index contributed by atoms with van der Waals surface area (Å²) in [7, 11) is 2.84. The Balaban J connectivity index is 1.18. The van der Waals surface area contributed by atoms with Crippen molar-refractivity contribution in [2.24, 2.45) is 0 Å². The van der Waals surface area contributed by atoms with Gasteiger partial charge in [0.1, 0.15) is 17.1 Å². The molecule has 5 heterocycles. The highest BCUT2D eigenvalue weighted by Gasteiger charge is 2.38. The molecule has 0 bridgehead atoms. The number of ether oxygens (including phenoxy) is 2. The number of rotatable bonds is 6. The molecule has 2 amide bonds. The number of nitrogens with one attached hydrogen (secondary N) is 3. The van der Waals surface area contributed by atoms with Crippen molar-refractivity contribution >= 4 is 84.4 Å². The lowest BCUT2D eigenvalue weighted by molar-refractivity contribution is 0.0977. The number of methoxy groups -OCH3 is 2. The van der Waals surface area contributed by atoms with Crippen molar-refractivity contribution in [2.75, 3.05) is 49.2 Å². The number of benzene rings is 3. The van der Waals surface area contributed by atoms with E-state index < -0.39 is 5.91 Å². The first-order valence-electron chi connectivity index (χ1n) is 15.6. The summed E-state index contributed by atoms with van der Waals surface area (Å²) in [5.41, 5.74) is 4.43. The van der Waals surface area contributed by atoms with E-state index in [0.717, 1.165) is 11.8 Å². The number of hydrogen-bond acceptors (Lipinski definition) is 9. The smallest absolute Gasteiger partial charge is 0.274 e. The van der Waals surface area contributed by atoms with Crippen LogP contribution in [0.1, 0.15) is 48.5 Å². The van der Waals surface area contributed by atoms with E-state index >= 15 is 0 Å². The fourth-order valence-corrected chi connectivity index (χ4v) is 7.93. The molecule has 2 aliphatic rings. The van der Waals surface area contributed by atoms with Crippen molar-refractivity contribution in [1.29, 1.82) is 0 Å². The Labute approximate surface area is 292 Å². The zero-order valence-electron chi connectivity index (χ0n) is 26.9. The monoisotopic (exact) mass is 715 g/mol. The molecule has 1 atom stereocenters. The van der Waals surface area contributed by atoms with Crippen LogP contribution in [0.4, 0.5) is 11.4 Å². The van der Waals surface area contributed by atoms with Crippen LogP contribution in [0.25, 0.3) is 32.7 Å². The number of fused-ring (bicyclic) bond motifs is 7. The van der Waals surface area contributed by atoms with Crippen LogP contribution < -0.4 is 19.3 Å². The maximum atomic E-state index is 14.2. The second kappa shape index (κ2) is 11.6. The number of thioether (sulfide) groups is 1. The van der Waals surface area contributed by atoms with Gasteiger partial charge in [-0.15, -0.1) is 11.6 Å². The van der Waals surface area contributed by atoms with E-state index in [-0.39, 0.29) is 81.7 Å². The molecule has 3 aromatic carbocycles. The number of H-pyrrole nitrogens is 3. The Hall–Kier alpha value is -5.47. The number of phenolic OH excluding ortho intramolecular Hbond substituents is 3. The second-order valence-electron chi connectivity index (χ2n) is 12.2. The Morgan fingerprint density at radius 2 is 1.60 bits per heavy atom. The van der Waals surface area contributed by atoms with Crippen LogP contribution >= 0.6 is 23.4 Å². The summed E-state index contributed by atoms with van der Waals surface area (Å²) in [5, 5.41) is 34.3. The summed E-state index contributed by atoms with van der Waals surface area (Å²) in [6, 6.07) is 9.51. The van der Waals surface area contributed by atoms with Gasteiger partial charge in [-0.05, 0) is 42.5 Å². The van der Waals surface area contributed by atoms with Gasteiger partial charge in [0.05, 0.1) is 42.3 Å². The maximum Gasteiger partial charge on any atom is 0.274 e. The molecule has 13 nitrogen and oxygen atoms in total. The fraction of sp³-hybridized carbons (Fsp3) is 0.229. The minimum atomic E-state index is -0.453. The summed E-state index contributed by atoms with van der Waals surface area (Å²) < 4.78 is 10.7. The van der Waals surface area contributed by atoms with Gasteiger partial charge in [-0.3, -0.25) is 14.4 Å². The molecule has 256 valence electrons.